The number of sulfonamides is 2. The molecule has 0 N–H and O–H groups in total. The van der Waals surface area contributed by atoms with Crippen LogP contribution in [0.25, 0.3) is 10.1 Å². The van der Waals surface area contributed by atoms with Crippen LogP contribution >= 0.6 is 22.7 Å². The van der Waals surface area contributed by atoms with Crippen molar-refractivity contribution in [2.75, 3.05) is 7.05 Å². The molecule has 0 saturated heterocycles. The molecule has 0 unspecified atom stereocenters. The van der Waals surface area contributed by atoms with Crippen molar-refractivity contribution in [3.05, 3.63) is 9.75 Å². The van der Waals surface area contributed by atoms with Gasteiger partial charge in [-0.1, -0.05) is 3.71 Å². The van der Waals surface area contributed by atoms with Crippen LogP contribution in [0.15, 0.2) is 9.10 Å². The Kier molecular flexibility index (Phi) is 2.33. The standard InChI is InChI=1S/C9H9NO4S4/c1-4-6-7(5(2)15-4)16-9-8(6)17(11,12)10(3)18(9,13)14/h1-3H3. The molecule has 0 aromatic carbocycles. The molecule has 0 saturated carbocycles. The lowest BCUT2D eigenvalue weighted by Crippen LogP contribution is -2.25. The van der Waals surface area contributed by atoms with Crippen molar-refractivity contribution in [3.8, 4) is 0 Å². The minimum atomic E-state index is -3.92. The third kappa shape index (κ3) is 1.23. The van der Waals surface area contributed by atoms with Crippen molar-refractivity contribution < 1.29 is 16.8 Å². The monoisotopic (exact) mass is 323 g/mol. The maximum atomic E-state index is 12.2. The molecule has 0 fully saturated rings. The first-order chi connectivity index (χ1) is 8.19. The Morgan fingerprint density at radius 2 is 1.56 bits per heavy atom. The predicted octanol–water partition coefficient (Wildman–Crippen LogP) is 1.90. The minimum absolute atomic E-state index is 0.0353. The fraction of sp³-hybridized carbons (Fsp3) is 0.333. The number of thiophene rings is 2. The molecule has 2 aromatic heterocycles. The average Bonchev–Trinajstić information content (AvgIpc) is 2.81. The van der Waals surface area contributed by atoms with Gasteiger partial charge in [0.2, 0.25) is 0 Å². The number of rotatable bonds is 0. The maximum absolute atomic E-state index is 12.2. The van der Waals surface area contributed by atoms with Crippen LogP contribution in [0.4, 0.5) is 0 Å². The lowest BCUT2D eigenvalue weighted by atomic mass is 10.3. The molecule has 9 heteroatoms. The Balaban J connectivity index is 2.64. The molecule has 0 bridgehead atoms. The Morgan fingerprint density at radius 3 is 2.17 bits per heavy atom. The van der Waals surface area contributed by atoms with Gasteiger partial charge in [-0.3, -0.25) is 0 Å². The summed E-state index contributed by atoms with van der Waals surface area (Å²) in [6.07, 6.45) is 0. The van der Waals surface area contributed by atoms with Crippen molar-refractivity contribution in [3.63, 3.8) is 0 Å². The molecule has 18 heavy (non-hydrogen) atoms. The number of nitrogens with zero attached hydrogens (tertiary/aromatic N) is 1. The first-order valence-electron chi connectivity index (χ1n) is 4.95. The van der Waals surface area contributed by atoms with E-state index in [1.807, 2.05) is 13.8 Å². The molecule has 2 aromatic rings. The molecular formula is C9H9NO4S4. The first-order valence-corrected chi connectivity index (χ1v) is 9.47. The van der Waals surface area contributed by atoms with E-state index < -0.39 is 20.0 Å². The van der Waals surface area contributed by atoms with Crippen molar-refractivity contribution in [2.45, 2.75) is 23.0 Å². The summed E-state index contributed by atoms with van der Waals surface area (Å²) in [5.41, 5.74) is 0. The van der Waals surface area contributed by atoms with E-state index in [-0.39, 0.29) is 9.10 Å². The van der Waals surface area contributed by atoms with E-state index in [4.69, 9.17) is 0 Å². The van der Waals surface area contributed by atoms with E-state index in [0.717, 1.165) is 32.8 Å². The Hall–Kier alpha value is -0.480. The summed E-state index contributed by atoms with van der Waals surface area (Å²) in [5, 5.41) is 0.574. The zero-order chi connectivity index (χ0) is 13.5. The van der Waals surface area contributed by atoms with E-state index in [0.29, 0.717) is 9.10 Å². The summed E-state index contributed by atoms with van der Waals surface area (Å²) in [6, 6.07) is 0. The van der Waals surface area contributed by atoms with Gasteiger partial charge >= 0.3 is 0 Å². The molecule has 1 aliphatic rings. The normalized spacial score (nSPS) is 21.5. The van der Waals surface area contributed by atoms with Gasteiger partial charge in [-0.2, -0.15) is 0 Å². The highest BCUT2D eigenvalue weighted by molar-refractivity contribution is 8.08. The van der Waals surface area contributed by atoms with Gasteiger partial charge in [0, 0.05) is 22.2 Å². The van der Waals surface area contributed by atoms with Crippen molar-refractivity contribution in [1.82, 2.24) is 3.71 Å². The van der Waals surface area contributed by atoms with Gasteiger partial charge in [-0.15, -0.1) is 22.7 Å². The molecule has 98 valence electrons. The Labute approximate surface area is 113 Å². The van der Waals surface area contributed by atoms with Gasteiger partial charge in [0.25, 0.3) is 20.0 Å². The number of hydrogen-bond acceptors (Lipinski definition) is 6. The second-order valence-electron chi connectivity index (χ2n) is 4.03. The van der Waals surface area contributed by atoms with E-state index in [9.17, 15) is 16.8 Å². The fourth-order valence-electron chi connectivity index (χ4n) is 2.07. The summed E-state index contributed by atoms with van der Waals surface area (Å²) in [7, 11) is -6.73. The van der Waals surface area contributed by atoms with Crippen LogP contribution in [0.3, 0.4) is 0 Å². The molecule has 0 amide bonds. The molecule has 0 spiro atoms. The van der Waals surface area contributed by atoms with Gasteiger partial charge in [-0.25, -0.2) is 16.8 Å². The predicted molar refractivity (Wildman–Crippen MR) is 71.3 cm³/mol. The highest BCUT2D eigenvalue weighted by Crippen LogP contribution is 2.50. The molecule has 0 radical (unpaired) electrons. The molecule has 3 heterocycles. The Morgan fingerprint density at radius 1 is 0.944 bits per heavy atom. The SMILES string of the molecule is Cc1sc(C)c2c3c(sc12)S(=O)(=O)N(C)S3(=O)=O. The maximum Gasteiger partial charge on any atom is 0.267 e. The summed E-state index contributed by atoms with van der Waals surface area (Å²) < 4.78 is 49.7. The van der Waals surface area contributed by atoms with Crippen molar-refractivity contribution >= 4 is 52.8 Å². The van der Waals surface area contributed by atoms with Crippen molar-refractivity contribution in [2.24, 2.45) is 0 Å². The molecule has 3 rings (SSSR count). The third-order valence-corrected chi connectivity index (χ3v) is 10.5. The van der Waals surface area contributed by atoms with Crippen molar-refractivity contribution in [1.29, 1.82) is 0 Å². The number of fused-ring (bicyclic) bond motifs is 3. The number of hydrogen-bond donors (Lipinski definition) is 0. The van der Waals surface area contributed by atoms with Crippen LogP contribution in [0.2, 0.25) is 0 Å². The van der Waals surface area contributed by atoms with Gasteiger partial charge in [0.1, 0.15) is 4.90 Å². The van der Waals surface area contributed by atoms with E-state index in [1.165, 1.54) is 11.3 Å². The van der Waals surface area contributed by atoms with E-state index in [2.05, 4.69) is 0 Å². The first kappa shape index (κ1) is 12.5. The minimum Gasteiger partial charge on any atom is -0.206 e. The highest BCUT2D eigenvalue weighted by atomic mass is 32.3. The van der Waals surface area contributed by atoms with E-state index >= 15 is 0 Å². The van der Waals surface area contributed by atoms with E-state index in [1.54, 1.807) is 0 Å². The zero-order valence-electron chi connectivity index (χ0n) is 9.71. The topological polar surface area (TPSA) is 71.5 Å². The van der Waals surface area contributed by atoms with Gasteiger partial charge in [0.15, 0.2) is 4.21 Å². The fourth-order valence-corrected chi connectivity index (χ4v) is 9.61. The Bertz CT molecular complexity index is 885. The number of aryl methyl sites for hydroxylation is 2. The average molecular weight is 323 g/mol. The smallest absolute Gasteiger partial charge is 0.206 e. The molecular weight excluding hydrogens is 314 g/mol. The second kappa shape index (κ2) is 3.34. The van der Waals surface area contributed by atoms with Gasteiger partial charge < -0.3 is 0 Å². The summed E-state index contributed by atoms with van der Waals surface area (Å²) in [4.78, 5) is 1.76. The van der Waals surface area contributed by atoms with Crippen LogP contribution in [0, 0.1) is 13.8 Å². The van der Waals surface area contributed by atoms with Gasteiger partial charge in [-0.05, 0) is 13.8 Å². The summed E-state index contributed by atoms with van der Waals surface area (Å²) in [5.74, 6) is 0. The second-order valence-corrected chi connectivity index (χ2v) is 10.8. The lowest BCUT2D eigenvalue weighted by Gasteiger charge is -2.05. The largest absolute Gasteiger partial charge is 0.267 e. The third-order valence-electron chi connectivity index (χ3n) is 2.98. The quantitative estimate of drug-likeness (QED) is 0.742. The highest BCUT2D eigenvalue weighted by Gasteiger charge is 2.48. The summed E-state index contributed by atoms with van der Waals surface area (Å²) in [6.45, 7) is 3.68. The van der Waals surface area contributed by atoms with Crippen LogP contribution < -0.4 is 0 Å². The van der Waals surface area contributed by atoms with Crippen LogP contribution in [-0.4, -0.2) is 27.6 Å². The van der Waals surface area contributed by atoms with Crippen LogP contribution in [-0.2, 0) is 20.0 Å². The van der Waals surface area contributed by atoms with Crippen LogP contribution in [0.1, 0.15) is 9.75 Å². The molecule has 0 atom stereocenters. The molecule has 5 nitrogen and oxygen atoms in total. The summed E-state index contributed by atoms with van der Waals surface area (Å²) >= 11 is 2.54. The zero-order valence-corrected chi connectivity index (χ0v) is 13.0. The molecule has 1 aliphatic heterocycles. The van der Waals surface area contributed by atoms with Gasteiger partial charge in [0.05, 0.1) is 4.70 Å². The molecule has 0 aliphatic carbocycles. The van der Waals surface area contributed by atoms with Crippen LogP contribution in [0.5, 0.6) is 0 Å². The lowest BCUT2D eigenvalue weighted by molar-refractivity contribution is 0.538.